The molecular weight excluding hydrogens is 328 g/mol. The molecule has 6 nitrogen and oxygen atoms in total. The maximum Gasteiger partial charge on any atom is 0.248 e. The van der Waals surface area contributed by atoms with Crippen molar-refractivity contribution in [1.82, 2.24) is 0 Å². The molecule has 0 saturated heterocycles. The summed E-state index contributed by atoms with van der Waals surface area (Å²) < 4.78 is 28.1. The topological polar surface area (TPSA) is 98.5 Å². The van der Waals surface area contributed by atoms with Crippen LogP contribution in [0, 0.1) is 0 Å². The lowest BCUT2D eigenvalue weighted by molar-refractivity contribution is -0.111. The number of para-hydroxylation sites is 1. The second-order valence-corrected chi connectivity index (χ2v) is 6.43. The van der Waals surface area contributed by atoms with Crippen molar-refractivity contribution in [1.29, 1.82) is 0 Å². The summed E-state index contributed by atoms with van der Waals surface area (Å²) >= 11 is 0. The molecule has 2 rings (SSSR count). The average Bonchev–Trinajstić information content (AvgIpc) is 2.54. The second kappa shape index (κ2) is 7.76. The van der Waals surface area contributed by atoms with Crippen LogP contribution in [-0.4, -0.2) is 20.9 Å². The van der Waals surface area contributed by atoms with Gasteiger partial charge in [0.2, 0.25) is 15.9 Å². The first-order valence-electron chi connectivity index (χ1n) is 7.24. The minimum atomic E-state index is -3.81. The van der Waals surface area contributed by atoms with Crippen LogP contribution in [-0.2, 0) is 14.8 Å². The van der Waals surface area contributed by atoms with E-state index >= 15 is 0 Å². The Hall–Kier alpha value is -2.64. The van der Waals surface area contributed by atoms with Gasteiger partial charge in [0.25, 0.3) is 0 Å². The largest absolute Gasteiger partial charge is 0.493 e. The summed E-state index contributed by atoms with van der Waals surface area (Å²) in [5.41, 5.74) is 1.11. The van der Waals surface area contributed by atoms with E-state index in [2.05, 4.69) is 5.32 Å². The summed E-state index contributed by atoms with van der Waals surface area (Å²) in [5, 5.41) is 7.66. The number of carbonyl (C=O) groups is 1. The molecule has 0 aliphatic heterocycles. The monoisotopic (exact) mass is 346 g/mol. The molecule has 0 fully saturated rings. The third kappa shape index (κ3) is 4.94. The number of benzene rings is 2. The van der Waals surface area contributed by atoms with Crippen LogP contribution < -0.4 is 15.2 Å². The Bertz CT molecular complexity index is 860. The molecule has 0 spiro atoms. The van der Waals surface area contributed by atoms with Crippen molar-refractivity contribution >= 4 is 27.7 Å². The Balaban J connectivity index is 2.11. The number of nitrogens with two attached hydrogens (primary N) is 1. The first kappa shape index (κ1) is 17.7. The van der Waals surface area contributed by atoms with E-state index < -0.39 is 15.9 Å². The summed E-state index contributed by atoms with van der Waals surface area (Å²) in [4.78, 5) is 11.9. The molecule has 0 bridgehead atoms. The summed E-state index contributed by atoms with van der Waals surface area (Å²) in [5.74, 6) is 0.285. The minimum Gasteiger partial charge on any atom is -0.493 e. The zero-order valence-corrected chi connectivity index (χ0v) is 13.9. The quantitative estimate of drug-likeness (QED) is 0.785. The van der Waals surface area contributed by atoms with Gasteiger partial charge in [-0.15, -0.1) is 0 Å². The van der Waals surface area contributed by atoms with Gasteiger partial charge in [-0.05, 0) is 37.3 Å². The van der Waals surface area contributed by atoms with Gasteiger partial charge in [-0.25, -0.2) is 13.6 Å². The van der Waals surface area contributed by atoms with E-state index in [1.54, 1.807) is 12.1 Å². The van der Waals surface area contributed by atoms with Gasteiger partial charge in [0.1, 0.15) is 5.75 Å². The third-order valence-corrected chi connectivity index (χ3v) is 3.97. The molecule has 0 aromatic heterocycles. The molecule has 7 heteroatoms. The Morgan fingerprint density at radius 1 is 1.21 bits per heavy atom. The summed E-state index contributed by atoms with van der Waals surface area (Å²) in [7, 11) is -3.81. The molecule has 0 atom stereocenters. The van der Waals surface area contributed by atoms with Gasteiger partial charge in [0.05, 0.1) is 11.5 Å². The van der Waals surface area contributed by atoms with Crippen LogP contribution in [0.1, 0.15) is 12.5 Å². The Labute approximate surface area is 141 Å². The van der Waals surface area contributed by atoms with E-state index in [9.17, 15) is 13.2 Å². The van der Waals surface area contributed by atoms with Crippen molar-refractivity contribution in [2.75, 3.05) is 11.9 Å². The lowest BCUT2D eigenvalue weighted by Crippen LogP contribution is -2.13. The predicted molar refractivity (Wildman–Crippen MR) is 93.1 cm³/mol. The molecule has 0 radical (unpaired) electrons. The number of anilines is 1. The fourth-order valence-corrected chi connectivity index (χ4v) is 2.56. The fourth-order valence-electron chi connectivity index (χ4n) is 2.01. The molecule has 0 heterocycles. The minimum absolute atomic E-state index is 0.0639. The van der Waals surface area contributed by atoms with E-state index in [1.165, 1.54) is 24.3 Å². The van der Waals surface area contributed by atoms with Crippen LogP contribution in [0.2, 0.25) is 0 Å². The number of hydrogen-bond donors (Lipinski definition) is 2. The highest BCUT2D eigenvalue weighted by molar-refractivity contribution is 7.89. The van der Waals surface area contributed by atoms with Gasteiger partial charge in [-0.1, -0.05) is 24.3 Å². The first-order chi connectivity index (χ1) is 11.4. The standard InChI is InChI=1S/C17H18N2O4S/c1-2-23-16-9-4-3-6-13(16)10-11-17(20)19-14-7-5-8-15(12-14)24(18,21)22/h3-12H,2H2,1H3,(H,19,20)(H2,18,21,22)/b11-10+. The van der Waals surface area contributed by atoms with Crippen LogP contribution in [0.25, 0.3) is 6.08 Å². The maximum absolute atomic E-state index is 12.0. The average molecular weight is 346 g/mol. The van der Waals surface area contributed by atoms with Crippen LogP contribution in [0.15, 0.2) is 59.5 Å². The highest BCUT2D eigenvalue weighted by atomic mass is 32.2. The van der Waals surface area contributed by atoms with Crippen molar-refractivity contribution < 1.29 is 17.9 Å². The molecule has 126 valence electrons. The number of rotatable bonds is 6. The zero-order chi connectivity index (χ0) is 17.6. The molecule has 0 unspecified atom stereocenters. The predicted octanol–water partition coefficient (Wildman–Crippen LogP) is 2.38. The van der Waals surface area contributed by atoms with Crippen LogP contribution in [0.3, 0.4) is 0 Å². The van der Waals surface area contributed by atoms with Gasteiger partial charge in [-0.3, -0.25) is 4.79 Å². The van der Waals surface area contributed by atoms with Crippen LogP contribution >= 0.6 is 0 Å². The number of carbonyl (C=O) groups excluding carboxylic acids is 1. The van der Waals surface area contributed by atoms with Crippen LogP contribution in [0.5, 0.6) is 5.75 Å². The van der Waals surface area contributed by atoms with E-state index in [4.69, 9.17) is 9.88 Å². The number of nitrogens with one attached hydrogen (secondary N) is 1. The number of hydrogen-bond acceptors (Lipinski definition) is 4. The first-order valence-corrected chi connectivity index (χ1v) is 8.78. The van der Waals surface area contributed by atoms with Crippen molar-refractivity contribution in [2.45, 2.75) is 11.8 Å². The number of ether oxygens (including phenoxy) is 1. The fraction of sp³-hybridized carbons (Fsp3) is 0.118. The van der Waals surface area contributed by atoms with Gasteiger partial charge in [0, 0.05) is 17.3 Å². The number of amides is 1. The lowest BCUT2D eigenvalue weighted by Gasteiger charge is -2.06. The van der Waals surface area contributed by atoms with E-state index in [0.717, 1.165) is 5.56 Å². The van der Waals surface area contributed by atoms with Crippen LogP contribution in [0.4, 0.5) is 5.69 Å². The lowest BCUT2D eigenvalue weighted by atomic mass is 10.2. The van der Waals surface area contributed by atoms with Crippen molar-refractivity contribution in [3.63, 3.8) is 0 Å². The van der Waals surface area contributed by atoms with E-state index in [0.29, 0.717) is 18.0 Å². The summed E-state index contributed by atoms with van der Waals surface area (Å²) in [6.45, 7) is 2.41. The molecular formula is C17H18N2O4S. The number of primary sulfonamides is 1. The molecule has 3 N–H and O–H groups in total. The molecule has 0 saturated carbocycles. The summed E-state index contributed by atoms with van der Waals surface area (Å²) in [6, 6.07) is 13.1. The molecule has 1 amide bonds. The molecule has 2 aromatic carbocycles. The number of sulfonamides is 1. The molecule has 0 aliphatic carbocycles. The molecule has 24 heavy (non-hydrogen) atoms. The SMILES string of the molecule is CCOc1ccccc1/C=C/C(=O)Nc1cccc(S(N)(=O)=O)c1. The summed E-state index contributed by atoms with van der Waals surface area (Å²) in [6.07, 6.45) is 2.98. The smallest absolute Gasteiger partial charge is 0.248 e. The van der Waals surface area contributed by atoms with Gasteiger partial charge in [0.15, 0.2) is 0 Å². The third-order valence-electron chi connectivity index (χ3n) is 3.06. The van der Waals surface area contributed by atoms with Gasteiger partial charge >= 0.3 is 0 Å². The van der Waals surface area contributed by atoms with E-state index in [-0.39, 0.29) is 4.90 Å². The van der Waals surface area contributed by atoms with Crippen molar-refractivity contribution in [3.05, 3.63) is 60.2 Å². The Morgan fingerprint density at radius 3 is 2.67 bits per heavy atom. The van der Waals surface area contributed by atoms with Crippen molar-refractivity contribution in [3.8, 4) is 5.75 Å². The normalized spacial score (nSPS) is 11.4. The zero-order valence-electron chi connectivity index (χ0n) is 13.1. The van der Waals surface area contributed by atoms with Gasteiger partial charge < -0.3 is 10.1 Å². The van der Waals surface area contributed by atoms with Gasteiger partial charge in [-0.2, -0.15) is 0 Å². The van der Waals surface area contributed by atoms with E-state index in [1.807, 2.05) is 31.2 Å². The molecule has 2 aromatic rings. The Morgan fingerprint density at radius 2 is 1.96 bits per heavy atom. The Kier molecular flexibility index (Phi) is 5.73. The molecule has 0 aliphatic rings. The van der Waals surface area contributed by atoms with Crippen molar-refractivity contribution in [2.24, 2.45) is 5.14 Å². The maximum atomic E-state index is 12.0. The highest BCUT2D eigenvalue weighted by Crippen LogP contribution is 2.19. The second-order valence-electron chi connectivity index (χ2n) is 4.87. The highest BCUT2D eigenvalue weighted by Gasteiger charge is 2.08.